The van der Waals surface area contributed by atoms with Crippen LogP contribution in [0.5, 0.6) is 0 Å². The Balaban J connectivity index is 0.00000180. The smallest absolute Gasteiger partial charge is 0.127 e. The number of hydrogen-bond donors (Lipinski definition) is 1. The molecule has 0 spiro atoms. The van der Waals surface area contributed by atoms with E-state index in [0.29, 0.717) is 0 Å². The van der Waals surface area contributed by atoms with E-state index < -0.39 is 0 Å². The summed E-state index contributed by atoms with van der Waals surface area (Å²) in [5, 5.41) is 1.02. The Morgan fingerprint density at radius 3 is 2.58 bits per heavy atom. The summed E-state index contributed by atoms with van der Waals surface area (Å²) < 4.78 is 0. The highest BCUT2D eigenvalue weighted by molar-refractivity contribution is 8.93. The Labute approximate surface area is 128 Å². The molecule has 5 heteroatoms. The highest BCUT2D eigenvalue weighted by atomic mass is 79.9. The van der Waals surface area contributed by atoms with Crippen LogP contribution in [0.1, 0.15) is 12.2 Å². The molecule has 0 saturated heterocycles. The van der Waals surface area contributed by atoms with Gasteiger partial charge in [-0.05, 0) is 26.0 Å². The molecular weight excluding hydrogens is 322 g/mol. The Bertz CT molecular complexity index is 505. The minimum atomic E-state index is 0. The molecule has 0 aliphatic rings. The lowest BCUT2D eigenvalue weighted by atomic mass is 10.1. The summed E-state index contributed by atoms with van der Waals surface area (Å²) in [4.78, 5) is 8.93. The number of rotatable bonds is 5. The van der Waals surface area contributed by atoms with E-state index >= 15 is 0 Å². The number of nitrogens with two attached hydrogens (primary N) is 1. The van der Waals surface area contributed by atoms with Gasteiger partial charge in [-0.1, -0.05) is 30.3 Å². The van der Waals surface area contributed by atoms with Crippen molar-refractivity contribution in [3.05, 3.63) is 42.2 Å². The van der Waals surface area contributed by atoms with Crippen LogP contribution in [0.2, 0.25) is 0 Å². The number of aryl methyl sites for hydroxylation is 1. The second-order valence-corrected chi connectivity index (χ2v) is 5.11. The van der Waals surface area contributed by atoms with Gasteiger partial charge in [0.15, 0.2) is 0 Å². The standard InChI is InChI=1S/C14H17N3S.BrH/c1-11-16-13(12-6-3-2-4-7-12)10-14(17-11)18-9-5-8-15;/h2-4,6-7,10H,5,8-9,15H2,1H3;1H. The molecule has 2 N–H and O–H groups in total. The van der Waals surface area contributed by atoms with Crippen molar-refractivity contribution in [2.24, 2.45) is 5.73 Å². The molecule has 0 fully saturated rings. The third kappa shape index (κ3) is 4.93. The van der Waals surface area contributed by atoms with E-state index in [1.165, 1.54) is 0 Å². The quantitative estimate of drug-likeness (QED) is 0.514. The summed E-state index contributed by atoms with van der Waals surface area (Å²) >= 11 is 1.74. The summed E-state index contributed by atoms with van der Waals surface area (Å²) in [6, 6.07) is 12.2. The highest BCUT2D eigenvalue weighted by Gasteiger charge is 2.04. The van der Waals surface area contributed by atoms with Gasteiger partial charge in [0.1, 0.15) is 10.9 Å². The summed E-state index contributed by atoms with van der Waals surface area (Å²) in [5.41, 5.74) is 7.61. The van der Waals surface area contributed by atoms with Gasteiger partial charge in [-0.25, -0.2) is 9.97 Å². The van der Waals surface area contributed by atoms with E-state index in [1.54, 1.807) is 11.8 Å². The fraction of sp³-hybridized carbons (Fsp3) is 0.286. The molecule has 0 unspecified atom stereocenters. The van der Waals surface area contributed by atoms with Gasteiger partial charge in [-0.15, -0.1) is 28.7 Å². The Hall–Kier alpha value is -0.910. The fourth-order valence-corrected chi connectivity index (χ4v) is 2.54. The number of aromatic nitrogens is 2. The predicted octanol–water partition coefficient (Wildman–Crippen LogP) is 3.47. The zero-order chi connectivity index (χ0) is 12.8. The van der Waals surface area contributed by atoms with Gasteiger partial charge in [0.2, 0.25) is 0 Å². The molecule has 1 aromatic heterocycles. The molecule has 3 nitrogen and oxygen atoms in total. The van der Waals surface area contributed by atoms with E-state index in [-0.39, 0.29) is 17.0 Å². The lowest BCUT2D eigenvalue weighted by Gasteiger charge is -2.05. The molecule has 0 amide bonds. The lowest BCUT2D eigenvalue weighted by Crippen LogP contribution is -2.00. The summed E-state index contributed by atoms with van der Waals surface area (Å²) in [6.45, 7) is 2.65. The molecule has 0 saturated carbocycles. The van der Waals surface area contributed by atoms with Crippen molar-refractivity contribution < 1.29 is 0 Å². The summed E-state index contributed by atoms with van der Waals surface area (Å²) in [5.74, 6) is 1.81. The van der Waals surface area contributed by atoms with Crippen molar-refractivity contribution in [2.45, 2.75) is 18.4 Å². The molecule has 0 bridgehead atoms. The molecule has 19 heavy (non-hydrogen) atoms. The zero-order valence-corrected chi connectivity index (χ0v) is 13.4. The molecule has 2 rings (SSSR count). The summed E-state index contributed by atoms with van der Waals surface area (Å²) in [7, 11) is 0. The average Bonchev–Trinajstić information content (AvgIpc) is 2.39. The minimum Gasteiger partial charge on any atom is -0.330 e. The van der Waals surface area contributed by atoms with Gasteiger partial charge in [0.25, 0.3) is 0 Å². The first-order valence-electron chi connectivity index (χ1n) is 6.03. The van der Waals surface area contributed by atoms with Crippen LogP contribution in [0.25, 0.3) is 11.3 Å². The minimum absolute atomic E-state index is 0. The zero-order valence-electron chi connectivity index (χ0n) is 10.9. The molecule has 2 aromatic rings. The topological polar surface area (TPSA) is 51.8 Å². The number of thioether (sulfide) groups is 1. The Morgan fingerprint density at radius 2 is 1.89 bits per heavy atom. The van der Waals surface area contributed by atoms with Crippen LogP contribution in [-0.4, -0.2) is 22.3 Å². The third-order valence-corrected chi connectivity index (χ3v) is 3.48. The average molecular weight is 340 g/mol. The number of hydrogen-bond acceptors (Lipinski definition) is 4. The number of nitrogens with zero attached hydrogens (tertiary/aromatic N) is 2. The van der Waals surface area contributed by atoms with Crippen molar-refractivity contribution in [3.8, 4) is 11.3 Å². The second-order valence-electron chi connectivity index (χ2n) is 4.00. The first kappa shape index (κ1) is 16.1. The van der Waals surface area contributed by atoms with Crippen LogP contribution < -0.4 is 5.73 Å². The fourth-order valence-electron chi connectivity index (χ4n) is 1.63. The predicted molar refractivity (Wildman–Crippen MR) is 86.9 cm³/mol. The van der Waals surface area contributed by atoms with Gasteiger partial charge in [-0.3, -0.25) is 0 Å². The number of benzene rings is 1. The van der Waals surface area contributed by atoms with Crippen molar-refractivity contribution >= 4 is 28.7 Å². The highest BCUT2D eigenvalue weighted by Crippen LogP contribution is 2.23. The number of halogens is 1. The van der Waals surface area contributed by atoms with E-state index in [2.05, 4.69) is 22.1 Å². The largest absolute Gasteiger partial charge is 0.330 e. The molecule has 0 aliphatic heterocycles. The second kappa shape index (κ2) is 8.30. The molecule has 102 valence electrons. The summed E-state index contributed by atoms with van der Waals surface area (Å²) in [6.07, 6.45) is 1.01. The Kier molecular flexibility index (Phi) is 7.05. The third-order valence-electron chi connectivity index (χ3n) is 2.48. The van der Waals surface area contributed by atoms with E-state index in [0.717, 1.165) is 40.8 Å². The van der Waals surface area contributed by atoms with E-state index in [9.17, 15) is 0 Å². The van der Waals surface area contributed by atoms with Crippen LogP contribution in [0.3, 0.4) is 0 Å². The molecular formula is C14H18BrN3S. The molecule has 0 atom stereocenters. The van der Waals surface area contributed by atoms with Gasteiger partial charge in [0.05, 0.1) is 5.69 Å². The van der Waals surface area contributed by atoms with Crippen LogP contribution in [-0.2, 0) is 0 Å². The van der Waals surface area contributed by atoms with Crippen LogP contribution >= 0.6 is 28.7 Å². The molecule has 1 aromatic carbocycles. The van der Waals surface area contributed by atoms with Crippen LogP contribution in [0.15, 0.2) is 41.4 Å². The normalized spacial score (nSPS) is 10.0. The van der Waals surface area contributed by atoms with E-state index in [1.807, 2.05) is 31.2 Å². The first-order valence-corrected chi connectivity index (χ1v) is 7.02. The first-order chi connectivity index (χ1) is 8.79. The molecule has 0 aliphatic carbocycles. The lowest BCUT2D eigenvalue weighted by molar-refractivity contribution is 0.933. The maximum absolute atomic E-state index is 5.50. The monoisotopic (exact) mass is 339 g/mol. The van der Waals surface area contributed by atoms with Crippen LogP contribution in [0.4, 0.5) is 0 Å². The van der Waals surface area contributed by atoms with Gasteiger partial charge in [-0.2, -0.15) is 0 Å². The van der Waals surface area contributed by atoms with Crippen molar-refractivity contribution in [1.82, 2.24) is 9.97 Å². The maximum atomic E-state index is 5.50. The van der Waals surface area contributed by atoms with Crippen molar-refractivity contribution in [3.63, 3.8) is 0 Å². The van der Waals surface area contributed by atoms with E-state index in [4.69, 9.17) is 5.73 Å². The molecule has 0 radical (unpaired) electrons. The Morgan fingerprint density at radius 1 is 1.16 bits per heavy atom. The van der Waals surface area contributed by atoms with Crippen molar-refractivity contribution in [2.75, 3.05) is 12.3 Å². The maximum Gasteiger partial charge on any atom is 0.127 e. The van der Waals surface area contributed by atoms with Gasteiger partial charge < -0.3 is 5.73 Å². The molecule has 1 heterocycles. The van der Waals surface area contributed by atoms with Crippen molar-refractivity contribution in [1.29, 1.82) is 0 Å². The van der Waals surface area contributed by atoms with Gasteiger partial charge >= 0.3 is 0 Å². The van der Waals surface area contributed by atoms with Crippen LogP contribution in [0, 0.1) is 6.92 Å². The van der Waals surface area contributed by atoms with Gasteiger partial charge in [0, 0.05) is 11.3 Å². The SMILES string of the molecule is Br.Cc1nc(SCCCN)cc(-c2ccccc2)n1.